The third kappa shape index (κ3) is 4.72. The summed E-state index contributed by atoms with van der Waals surface area (Å²) in [7, 11) is 0.995. The van der Waals surface area contributed by atoms with E-state index in [4.69, 9.17) is 9.47 Å². The summed E-state index contributed by atoms with van der Waals surface area (Å²) in [6.07, 6.45) is 1.21. The van der Waals surface area contributed by atoms with Crippen molar-refractivity contribution in [2.24, 2.45) is 0 Å². The maximum Gasteiger partial charge on any atom is 1.00 e. The zero-order valence-corrected chi connectivity index (χ0v) is 18.0. The number of pyridine rings is 1. The average Bonchev–Trinajstić information content (AvgIpc) is 3.06. The Hall–Kier alpha value is -1.95. The molecule has 0 bridgehead atoms. The summed E-state index contributed by atoms with van der Waals surface area (Å²) in [6.45, 7) is -2.97. The van der Waals surface area contributed by atoms with Gasteiger partial charge in [0.2, 0.25) is 5.75 Å². The molecule has 3 rings (SSSR count). The van der Waals surface area contributed by atoms with E-state index < -0.39 is 17.4 Å². The number of imidazole rings is 1. The fourth-order valence-corrected chi connectivity index (χ4v) is 3.47. The maximum atomic E-state index is 12.7. The number of ether oxygens (including phenoxy) is 3. The Kier molecular flexibility index (Phi) is 7.58. The van der Waals surface area contributed by atoms with Crippen molar-refractivity contribution in [3.8, 4) is 17.2 Å². The van der Waals surface area contributed by atoms with Crippen LogP contribution in [0.25, 0.3) is 11.0 Å². The fourth-order valence-electron chi connectivity index (χ4n) is 2.44. The van der Waals surface area contributed by atoms with Crippen molar-refractivity contribution in [2.45, 2.75) is 17.5 Å². The molecule has 0 aliphatic heterocycles. The van der Waals surface area contributed by atoms with Crippen LogP contribution in [0.2, 0.25) is 0 Å². The molecular formula is C16H14F2N3NaO5S. The number of aromatic nitrogens is 3. The molecule has 0 amide bonds. The Labute approximate surface area is 183 Å². The Bertz CT molecular complexity index is 1000. The van der Waals surface area contributed by atoms with Crippen LogP contribution >= 0.6 is 0 Å². The van der Waals surface area contributed by atoms with Crippen LogP contribution in [0.5, 0.6) is 17.2 Å². The summed E-state index contributed by atoms with van der Waals surface area (Å²) in [5.41, 5.74) is 0.711. The van der Waals surface area contributed by atoms with Gasteiger partial charge in [0.15, 0.2) is 11.9 Å². The maximum absolute atomic E-state index is 12.7. The predicted octanol–water partition coefficient (Wildman–Crippen LogP) is -1.24. The van der Waals surface area contributed by atoms with Gasteiger partial charge in [-0.2, -0.15) is 13.5 Å². The van der Waals surface area contributed by atoms with E-state index in [-0.39, 0.29) is 63.2 Å². The quantitative estimate of drug-likeness (QED) is 0.267. The van der Waals surface area contributed by atoms with E-state index >= 15 is 0 Å². The molecule has 3 aromatic rings. The molecule has 12 heteroatoms. The van der Waals surface area contributed by atoms with Gasteiger partial charge in [0.1, 0.15) is 11.5 Å². The van der Waals surface area contributed by atoms with Crippen molar-refractivity contribution < 1.29 is 61.5 Å². The molecule has 2 heterocycles. The summed E-state index contributed by atoms with van der Waals surface area (Å²) in [5, 5.41) is 12.0. The largest absolute Gasteiger partial charge is 1.00 e. The van der Waals surface area contributed by atoms with Crippen molar-refractivity contribution in [3.05, 3.63) is 41.4 Å². The number of methoxy groups -OCH3 is 2. The number of rotatable bonds is 7. The standard InChI is InChI=1S/C16H14F2N3O5S.Na/c1-24-13-5-6-21(22)12(14(13)25-2)8-27(23)16-19-10-4-3-9(26-15(17)18)7-11(10)20-16;/h3-7,15H,8H2,1-2H3;/q-1;+1. The molecule has 1 unspecified atom stereocenters. The van der Waals surface area contributed by atoms with Crippen molar-refractivity contribution >= 4 is 21.8 Å². The van der Waals surface area contributed by atoms with Crippen molar-refractivity contribution in [3.63, 3.8) is 0 Å². The van der Waals surface area contributed by atoms with Gasteiger partial charge in [0.05, 0.1) is 25.0 Å². The fraction of sp³-hybridized carbons (Fsp3) is 0.250. The molecule has 1 aromatic carbocycles. The first-order valence-corrected chi connectivity index (χ1v) is 8.85. The molecule has 144 valence electrons. The summed E-state index contributed by atoms with van der Waals surface area (Å²) in [5.74, 6) is 0.174. The third-order valence-electron chi connectivity index (χ3n) is 3.61. The Morgan fingerprint density at radius 3 is 2.68 bits per heavy atom. The molecule has 0 fully saturated rings. The van der Waals surface area contributed by atoms with Gasteiger partial charge < -0.3 is 29.4 Å². The zero-order chi connectivity index (χ0) is 19.6. The van der Waals surface area contributed by atoms with Crippen LogP contribution in [0.4, 0.5) is 8.78 Å². The van der Waals surface area contributed by atoms with Gasteiger partial charge in [-0.3, -0.25) is 4.21 Å². The van der Waals surface area contributed by atoms with E-state index in [1.165, 1.54) is 44.7 Å². The summed E-state index contributed by atoms with van der Waals surface area (Å²) in [4.78, 5) is 8.20. The normalized spacial score (nSPS) is 11.9. The van der Waals surface area contributed by atoms with Gasteiger partial charge in [-0.1, -0.05) is 6.07 Å². The summed E-state index contributed by atoms with van der Waals surface area (Å²) < 4.78 is 52.4. The molecule has 0 radical (unpaired) electrons. The molecule has 0 aliphatic carbocycles. The molecule has 2 aromatic heterocycles. The second-order valence-corrected chi connectivity index (χ2v) is 6.56. The van der Waals surface area contributed by atoms with Gasteiger partial charge in [0, 0.05) is 11.2 Å². The molecular weight excluding hydrogens is 407 g/mol. The first-order valence-electron chi connectivity index (χ1n) is 7.53. The SMILES string of the molecule is COc1cc[n+]([O-])c(CS(=O)c2nc3cc(OC(F)F)ccc3[n-]2)c1OC.[Na+]. The topological polar surface area (TPSA) is 98.7 Å². The predicted molar refractivity (Wildman–Crippen MR) is 90.3 cm³/mol. The number of hydrogen-bond acceptors (Lipinski definition) is 6. The zero-order valence-electron chi connectivity index (χ0n) is 15.2. The van der Waals surface area contributed by atoms with Crippen LogP contribution in [0.15, 0.2) is 35.6 Å². The number of nitrogens with zero attached hydrogens (tertiary/aromatic N) is 3. The molecule has 28 heavy (non-hydrogen) atoms. The number of halogens is 2. The van der Waals surface area contributed by atoms with E-state index in [1.807, 2.05) is 0 Å². The van der Waals surface area contributed by atoms with Crippen LogP contribution in [0.1, 0.15) is 5.69 Å². The molecule has 0 N–H and O–H groups in total. The minimum Gasteiger partial charge on any atom is -0.618 e. The molecule has 0 saturated carbocycles. The van der Waals surface area contributed by atoms with E-state index in [0.29, 0.717) is 16.0 Å². The number of benzene rings is 1. The van der Waals surface area contributed by atoms with E-state index in [2.05, 4.69) is 14.7 Å². The number of alkyl halides is 2. The minimum atomic E-state index is -2.97. The van der Waals surface area contributed by atoms with Crippen molar-refractivity contribution in [1.29, 1.82) is 0 Å². The second-order valence-electron chi connectivity index (χ2n) is 5.21. The van der Waals surface area contributed by atoms with E-state index in [0.717, 1.165) is 0 Å². The van der Waals surface area contributed by atoms with Crippen LogP contribution in [0.3, 0.4) is 0 Å². The summed E-state index contributed by atoms with van der Waals surface area (Å²) in [6, 6.07) is 5.44. The third-order valence-corrected chi connectivity index (χ3v) is 4.74. The van der Waals surface area contributed by atoms with Gasteiger partial charge in [0.25, 0.3) is 5.69 Å². The Balaban J connectivity index is 0.00000280. The van der Waals surface area contributed by atoms with Gasteiger partial charge in [-0.05, 0) is 23.2 Å². The van der Waals surface area contributed by atoms with Crippen molar-refractivity contribution in [1.82, 2.24) is 9.97 Å². The van der Waals surface area contributed by atoms with Gasteiger partial charge in [-0.25, -0.2) is 0 Å². The van der Waals surface area contributed by atoms with Crippen LogP contribution < -0.4 is 53.5 Å². The monoisotopic (exact) mass is 421 g/mol. The minimum absolute atomic E-state index is 0. The second kappa shape index (κ2) is 9.50. The molecule has 0 spiro atoms. The smallest absolute Gasteiger partial charge is 0.618 e. The number of fused-ring (bicyclic) bond motifs is 1. The van der Waals surface area contributed by atoms with Crippen LogP contribution in [-0.2, 0) is 16.6 Å². The average molecular weight is 421 g/mol. The van der Waals surface area contributed by atoms with E-state index in [9.17, 15) is 18.2 Å². The number of hydrogen-bond donors (Lipinski definition) is 0. The summed E-state index contributed by atoms with van der Waals surface area (Å²) >= 11 is 0. The van der Waals surface area contributed by atoms with Gasteiger partial charge in [-0.15, -0.1) is 0 Å². The van der Waals surface area contributed by atoms with Gasteiger partial charge >= 0.3 is 36.2 Å². The first-order chi connectivity index (χ1) is 12.9. The molecule has 0 aliphatic rings. The van der Waals surface area contributed by atoms with Crippen LogP contribution in [-0.4, -0.2) is 30.0 Å². The van der Waals surface area contributed by atoms with Crippen LogP contribution in [0, 0.1) is 5.21 Å². The first kappa shape index (κ1) is 22.3. The Morgan fingerprint density at radius 1 is 1.29 bits per heavy atom. The molecule has 1 atom stereocenters. The molecule has 0 saturated heterocycles. The molecule has 8 nitrogen and oxygen atoms in total. The van der Waals surface area contributed by atoms with E-state index in [1.54, 1.807) is 0 Å². The van der Waals surface area contributed by atoms with Crippen molar-refractivity contribution in [2.75, 3.05) is 14.2 Å². The Morgan fingerprint density at radius 2 is 2.04 bits per heavy atom.